The maximum atomic E-state index is 12.1. The molecular weight excluding hydrogens is 390 g/mol. The number of hydrazine groups is 1. The third-order valence-corrected chi connectivity index (χ3v) is 4.89. The Hall–Kier alpha value is -2.58. The Morgan fingerprint density at radius 3 is 2.26 bits per heavy atom. The molecule has 0 aliphatic carbocycles. The topological polar surface area (TPSA) is 87.7 Å². The molecule has 1 aromatic heterocycles. The summed E-state index contributed by atoms with van der Waals surface area (Å²) in [5, 5.41) is 0. The lowest BCUT2D eigenvalue weighted by Crippen LogP contribution is -2.43. The van der Waals surface area contributed by atoms with Crippen LogP contribution in [0.4, 0.5) is 5.69 Å². The van der Waals surface area contributed by atoms with Gasteiger partial charge >= 0.3 is 5.97 Å². The monoisotopic (exact) mass is 409 g/mol. The van der Waals surface area contributed by atoms with E-state index in [1.807, 2.05) is 12.1 Å². The van der Waals surface area contributed by atoms with Gasteiger partial charge in [-0.3, -0.25) is 20.4 Å². The molecule has 144 valence electrons. The van der Waals surface area contributed by atoms with E-state index in [-0.39, 0.29) is 0 Å². The molecule has 0 atom stereocenters. The molecule has 2 N–H and O–H groups in total. The van der Waals surface area contributed by atoms with Crippen LogP contribution in [0.15, 0.2) is 36.4 Å². The summed E-state index contributed by atoms with van der Waals surface area (Å²) in [6, 6.07) is 10.1. The molecule has 0 spiro atoms. The van der Waals surface area contributed by atoms with Gasteiger partial charge in [0.25, 0.3) is 11.8 Å². The first-order valence-corrected chi connectivity index (χ1v) is 9.50. The maximum Gasteiger partial charge on any atom is 0.348 e. The van der Waals surface area contributed by atoms with E-state index in [2.05, 4.69) is 29.6 Å². The number of thiophene rings is 1. The van der Waals surface area contributed by atoms with E-state index in [9.17, 15) is 14.4 Å². The quantitative estimate of drug-likeness (QED) is 0.542. The average molecular weight is 410 g/mol. The molecule has 27 heavy (non-hydrogen) atoms. The molecule has 0 aliphatic heterocycles. The Morgan fingerprint density at radius 1 is 1.04 bits per heavy atom. The zero-order valence-corrected chi connectivity index (χ0v) is 16.5. The summed E-state index contributed by atoms with van der Waals surface area (Å²) in [5.74, 6) is -1.77. The second kappa shape index (κ2) is 9.94. The number of anilines is 1. The number of rotatable bonds is 7. The number of carbonyl (C=O) groups excluding carboxylic acids is 3. The highest BCUT2D eigenvalue weighted by Crippen LogP contribution is 2.21. The van der Waals surface area contributed by atoms with Gasteiger partial charge in [0.2, 0.25) is 0 Å². The van der Waals surface area contributed by atoms with Crippen LogP contribution in [-0.4, -0.2) is 37.5 Å². The minimum absolute atomic E-state index is 0.296. The van der Waals surface area contributed by atoms with Gasteiger partial charge in [0, 0.05) is 24.3 Å². The van der Waals surface area contributed by atoms with E-state index in [1.165, 1.54) is 6.07 Å². The average Bonchev–Trinajstić information content (AvgIpc) is 3.12. The molecule has 0 bridgehead atoms. The third-order valence-electron chi connectivity index (χ3n) is 3.68. The Morgan fingerprint density at radius 2 is 1.70 bits per heavy atom. The minimum Gasteiger partial charge on any atom is -0.451 e. The van der Waals surface area contributed by atoms with Crippen molar-refractivity contribution in [3.05, 3.63) is 51.2 Å². The van der Waals surface area contributed by atoms with Crippen LogP contribution < -0.4 is 15.8 Å². The first-order valence-electron chi connectivity index (χ1n) is 8.31. The van der Waals surface area contributed by atoms with E-state index >= 15 is 0 Å². The number of amides is 2. The van der Waals surface area contributed by atoms with Crippen LogP contribution in [0.1, 0.15) is 33.9 Å². The Balaban J connectivity index is 1.79. The van der Waals surface area contributed by atoms with Crippen LogP contribution in [0.25, 0.3) is 0 Å². The number of ether oxygens (including phenoxy) is 1. The number of nitrogens with one attached hydrogen (secondary N) is 2. The van der Waals surface area contributed by atoms with E-state index in [4.69, 9.17) is 16.3 Å². The van der Waals surface area contributed by atoms with Crippen LogP contribution in [0.2, 0.25) is 4.34 Å². The number of hydrogen-bond acceptors (Lipinski definition) is 6. The number of halogens is 1. The fourth-order valence-electron chi connectivity index (χ4n) is 2.27. The maximum absolute atomic E-state index is 12.1. The highest BCUT2D eigenvalue weighted by molar-refractivity contribution is 7.17. The van der Waals surface area contributed by atoms with Crippen molar-refractivity contribution in [2.24, 2.45) is 0 Å². The molecular formula is C18H20ClN3O4S. The standard InChI is InChI=1S/C18H20ClN3O4S/c1-3-22(4-2)13-7-5-12(6-8-13)17(24)21-20-16(23)11-26-18(25)14-9-10-15(19)27-14/h5-10H,3-4,11H2,1-2H3,(H,20,23)(H,21,24). The second-order valence-electron chi connectivity index (χ2n) is 5.40. The van der Waals surface area contributed by atoms with Gasteiger partial charge in [-0.05, 0) is 50.2 Å². The van der Waals surface area contributed by atoms with Crippen molar-refractivity contribution in [2.75, 3.05) is 24.6 Å². The summed E-state index contributed by atoms with van der Waals surface area (Å²) < 4.78 is 5.30. The number of hydrogen-bond donors (Lipinski definition) is 2. The van der Waals surface area contributed by atoms with Gasteiger partial charge in [0.05, 0.1) is 4.34 Å². The smallest absolute Gasteiger partial charge is 0.348 e. The van der Waals surface area contributed by atoms with Gasteiger partial charge in [-0.25, -0.2) is 4.79 Å². The van der Waals surface area contributed by atoms with Crippen LogP contribution in [0.5, 0.6) is 0 Å². The zero-order valence-electron chi connectivity index (χ0n) is 15.0. The number of carbonyl (C=O) groups is 3. The SMILES string of the molecule is CCN(CC)c1ccc(C(=O)NNC(=O)COC(=O)c2ccc(Cl)s2)cc1. The fraction of sp³-hybridized carbons (Fsp3) is 0.278. The van der Waals surface area contributed by atoms with E-state index in [0.717, 1.165) is 30.1 Å². The highest BCUT2D eigenvalue weighted by atomic mass is 35.5. The lowest BCUT2D eigenvalue weighted by Gasteiger charge is -2.21. The number of nitrogens with zero attached hydrogens (tertiary/aromatic N) is 1. The van der Waals surface area contributed by atoms with Crippen LogP contribution in [-0.2, 0) is 9.53 Å². The first-order chi connectivity index (χ1) is 12.9. The summed E-state index contributed by atoms with van der Waals surface area (Å²) >= 11 is 6.79. The summed E-state index contributed by atoms with van der Waals surface area (Å²) in [5.41, 5.74) is 5.90. The Labute approximate surface area is 166 Å². The van der Waals surface area contributed by atoms with Gasteiger partial charge < -0.3 is 9.64 Å². The first kappa shape index (κ1) is 20.7. The Bertz CT molecular complexity index is 803. The molecule has 2 aromatic rings. The predicted molar refractivity (Wildman–Crippen MR) is 105 cm³/mol. The highest BCUT2D eigenvalue weighted by Gasteiger charge is 2.13. The van der Waals surface area contributed by atoms with Crippen molar-refractivity contribution in [3.63, 3.8) is 0 Å². The molecule has 9 heteroatoms. The lowest BCUT2D eigenvalue weighted by atomic mass is 10.2. The van der Waals surface area contributed by atoms with E-state index < -0.39 is 24.4 Å². The molecule has 0 fully saturated rings. The van der Waals surface area contributed by atoms with E-state index in [1.54, 1.807) is 18.2 Å². The van der Waals surface area contributed by atoms with Crippen molar-refractivity contribution in [2.45, 2.75) is 13.8 Å². The normalized spacial score (nSPS) is 10.2. The van der Waals surface area contributed by atoms with Crippen molar-refractivity contribution >= 4 is 46.4 Å². The summed E-state index contributed by atoms with van der Waals surface area (Å²) in [6.45, 7) is 5.33. The molecule has 0 aliphatic rings. The minimum atomic E-state index is -0.654. The summed E-state index contributed by atoms with van der Waals surface area (Å²) in [6.07, 6.45) is 0. The van der Waals surface area contributed by atoms with Crippen LogP contribution in [0.3, 0.4) is 0 Å². The van der Waals surface area contributed by atoms with Crippen molar-refractivity contribution in [3.8, 4) is 0 Å². The summed E-state index contributed by atoms with van der Waals surface area (Å²) in [4.78, 5) is 37.9. The fourth-order valence-corrected chi connectivity index (χ4v) is 3.21. The largest absolute Gasteiger partial charge is 0.451 e. The summed E-state index contributed by atoms with van der Waals surface area (Å²) in [7, 11) is 0. The van der Waals surface area contributed by atoms with Gasteiger partial charge in [-0.15, -0.1) is 11.3 Å². The Kier molecular flexibility index (Phi) is 7.63. The van der Waals surface area contributed by atoms with Crippen molar-refractivity contribution in [1.29, 1.82) is 0 Å². The van der Waals surface area contributed by atoms with Gasteiger partial charge in [-0.2, -0.15) is 0 Å². The molecule has 0 unspecified atom stereocenters. The zero-order chi connectivity index (χ0) is 19.8. The molecule has 2 amide bonds. The van der Waals surface area contributed by atoms with Crippen LogP contribution in [0, 0.1) is 0 Å². The van der Waals surface area contributed by atoms with E-state index in [0.29, 0.717) is 14.8 Å². The molecule has 0 saturated carbocycles. The van der Waals surface area contributed by atoms with Crippen molar-refractivity contribution < 1.29 is 19.1 Å². The lowest BCUT2D eigenvalue weighted by molar-refractivity contribution is -0.125. The number of esters is 1. The third kappa shape index (κ3) is 5.97. The predicted octanol–water partition coefficient (Wildman–Crippen LogP) is 2.87. The second-order valence-corrected chi connectivity index (χ2v) is 7.12. The molecule has 2 rings (SSSR count). The van der Waals surface area contributed by atoms with Crippen molar-refractivity contribution in [1.82, 2.24) is 10.9 Å². The number of benzene rings is 1. The van der Waals surface area contributed by atoms with Gasteiger partial charge in [-0.1, -0.05) is 11.6 Å². The molecule has 0 saturated heterocycles. The molecule has 1 heterocycles. The van der Waals surface area contributed by atoms with Crippen LogP contribution >= 0.6 is 22.9 Å². The molecule has 7 nitrogen and oxygen atoms in total. The molecule has 1 aromatic carbocycles. The van der Waals surface area contributed by atoms with Gasteiger partial charge in [0.1, 0.15) is 4.88 Å². The van der Waals surface area contributed by atoms with Gasteiger partial charge in [0.15, 0.2) is 6.61 Å². The molecule has 0 radical (unpaired) electrons.